The van der Waals surface area contributed by atoms with E-state index < -0.39 is 0 Å². The highest BCUT2D eigenvalue weighted by Gasteiger charge is 2.32. The topological polar surface area (TPSA) is 49.3 Å². The van der Waals surface area contributed by atoms with Crippen molar-refractivity contribution in [3.8, 4) is 0 Å². The van der Waals surface area contributed by atoms with E-state index in [-0.39, 0.29) is 11.9 Å². The third-order valence-corrected chi connectivity index (χ3v) is 5.81. The number of fused-ring (bicyclic) bond motifs is 1. The molecule has 6 heteroatoms. The average Bonchev–Trinajstić information content (AvgIpc) is 3.17. The lowest BCUT2D eigenvalue weighted by atomic mass is 10.1. The molecule has 1 fully saturated rings. The van der Waals surface area contributed by atoms with Gasteiger partial charge >= 0.3 is 0 Å². The lowest BCUT2D eigenvalue weighted by Gasteiger charge is -2.27. The number of aromatic nitrogens is 2. The van der Waals surface area contributed by atoms with Gasteiger partial charge in [0.05, 0.1) is 6.04 Å². The largest absolute Gasteiger partial charge is 0.332 e. The number of benzene rings is 1. The molecular weight excluding hydrogens is 360 g/mol. The van der Waals surface area contributed by atoms with Gasteiger partial charge in [0.2, 0.25) is 5.91 Å². The predicted octanol–water partition coefficient (Wildman–Crippen LogP) is 3.41. The maximum absolute atomic E-state index is 12.8. The van der Waals surface area contributed by atoms with Gasteiger partial charge in [-0.1, -0.05) is 23.7 Å². The van der Waals surface area contributed by atoms with Crippen LogP contribution in [0, 0.1) is 0 Å². The Kier molecular flexibility index (Phi) is 5.41. The van der Waals surface area contributed by atoms with Crippen LogP contribution in [0.1, 0.15) is 47.9 Å². The molecular formula is C21H25ClN4O. The van der Waals surface area contributed by atoms with Crippen molar-refractivity contribution < 1.29 is 4.79 Å². The zero-order chi connectivity index (χ0) is 18.8. The Hall–Kier alpha value is -1.98. The molecule has 2 aromatic rings. The first-order valence-electron chi connectivity index (χ1n) is 9.67. The van der Waals surface area contributed by atoms with E-state index in [1.807, 2.05) is 35.4 Å². The van der Waals surface area contributed by atoms with Crippen molar-refractivity contribution in [2.75, 3.05) is 20.1 Å². The highest BCUT2D eigenvalue weighted by atomic mass is 35.5. The van der Waals surface area contributed by atoms with Crippen LogP contribution >= 0.6 is 11.6 Å². The molecule has 0 bridgehead atoms. The van der Waals surface area contributed by atoms with Crippen LogP contribution in [0.25, 0.3) is 0 Å². The Labute approximate surface area is 165 Å². The van der Waals surface area contributed by atoms with Gasteiger partial charge in [-0.3, -0.25) is 4.79 Å². The second kappa shape index (κ2) is 7.95. The number of amides is 1. The smallest absolute Gasteiger partial charge is 0.223 e. The van der Waals surface area contributed by atoms with Gasteiger partial charge in [-0.15, -0.1) is 0 Å². The van der Waals surface area contributed by atoms with Crippen molar-refractivity contribution in [1.29, 1.82) is 0 Å². The van der Waals surface area contributed by atoms with Crippen LogP contribution in [0.3, 0.4) is 0 Å². The van der Waals surface area contributed by atoms with Crippen molar-refractivity contribution in [2.24, 2.45) is 0 Å². The van der Waals surface area contributed by atoms with Gasteiger partial charge in [0, 0.05) is 55.0 Å². The number of carbonyl (C=O) groups excluding carboxylic acids is 1. The number of hydrogen-bond donors (Lipinski definition) is 0. The first-order chi connectivity index (χ1) is 13.1. The van der Waals surface area contributed by atoms with E-state index in [0.29, 0.717) is 6.42 Å². The summed E-state index contributed by atoms with van der Waals surface area (Å²) < 4.78 is 0. The van der Waals surface area contributed by atoms with E-state index in [1.54, 1.807) is 0 Å². The van der Waals surface area contributed by atoms with Crippen molar-refractivity contribution >= 4 is 17.5 Å². The van der Waals surface area contributed by atoms with Gasteiger partial charge in [-0.25, -0.2) is 9.97 Å². The van der Waals surface area contributed by atoms with Crippen LogP contribution < -0.4 is 0 Å². The number of rotatable bonds is 4. The quantitative estimate of drug-likeness (QED) is 0.810. The van der Waals surface area contributed by atoms with E-state index in [9.17, 15) is 4.79 Å². The van der Waals surface area contributed by atoms with Crippen LogP contribution in [0.5, 0.6) is 0 Å². The van der Waals surface area contributed by atoms with E-state index >= 15 is 0 Å². The molecule has 3 heterocycles. The van der Waals surface area contributed by atoms with Crippen LogP contribution in [-0.4, -0.2) is 45.8 Å². The molecule has 1 aromatic carbocycles. The van der Waals surface area contributed by atoms with Gasteiger partial charge in [-0.05, 0) is 44.0 Å². The van der Waals surface area contributed by atoms with Gasteiger partial charge in [0.15, 0.2) is 5.82 Å². The molecule has 0 spiro atoms. The van der Waals surface area contributed by atoms with E-state index in [0.717, 1.165) is 67.4 Å². The van der Waals surface area contributed by atoms with Crippen LogP contribution in [-0.2, 0) is 24.2 Å². The molecule has 1 amide bonds. The molecule has 2 aliphatic heterocycles. The molecule has 27 heavy (non-hydrogen) atoms. The summed E-state index contributed by atoms with van der Waals surface area (Å²) in [4.78, 5) is 26.6. The summed E-state index contributed by atoms with van der Waals surface area (Å²) in [6, 6.07) is 7.74. The summed E-state index contributed by atoms with van der Waals surface area (Å²) in [5, 5.41) is 0.723. The Bertz CT molecular complexity index is 823. The average molecular weight is 385 g/mol. The lowest BCUT2D eigenvalue weighted by molar-refractivity contribution is -0.132. The SMILES string of the molecule is CN1CCc2nc([C@@H]3CCCN3C(=O)CCc3ccc(Cl)cc3)ncc2C1. The zero-order valence-electron chi connectivity index (χ0n) is 15.7. The number of hydrogen-bond acceptors (Lipinski definition) is 4. The van der Waals surface area contributed by atoms with Crippen molar-refractivity contribution in [3.63, 3.8) is 0 Å². The normalized spacial score (nSPS) is 19.9. The van der Waals surface area contributed by atoms with Crippen LogP contribution in [0.15, 0.2) is 30.5 Å². The number of likely N-dealkylation sites (tertiary alicyclic amines) is 1. The summed E-state index contributed by atoms with van der Waals surface area (Å²) in [6.07, 6.45) is 6.12. The number of likely N-dealkylation sites (N-methyl/N-ethyl adjacent to an activating group) is 1. The Balaban J connectivity index is 1.44. The molecule has 4 rings (SSSR count). The highest BCUT2D eigenvalue weighted by molar-refractivity contribution is 6.30. The molecule has 5 nitrogen and oxygen atoms in total. The van der Waals surface area contributed by atoms with Crippen LogP contribution in [0.2, 0.25) is 5.02 Å². The Morgan fingerprint density at radius 1 is 1.26 bits per heavy atom. The van der Waals surface area contributed by atoms with Gasteiger partial charge in [-0.2, -0.15) is 0 Å². The fourth-order valence-electron chi connectivity index (χ4n) is 4.01. The Morgan fingerprint density at radius 3 is 2.89 bits per heavy atom. The van der Waals surface area contributed by atoms with E-state index in [1.165, 1.54) is 5.56 Å². The van der Waals surface area contributed by atoms with Crippen LogP contribution in [0.4, 0.5) is 0 Å². The monoisotopic (exact) mass is 384 g/mol. The van der Waals surface area contributed by atoms with Crippen molar-refractivity contribution in [1.82, 2.24) is 19.8 Å². The first kappa shape index (κ1) is 18.4. The summed E-state index contributed by atoms with van der Waals surface area (Å²) in [5.74, 6) is 1.00. The number of aryl methyl sites for hydroxylation is 1. The molecule has 2 aliphatic rings. The van der Waals surface area contributed by atoms with Crippen molar-refractivity contribution in [3.05, 3.63) is 58.1 Å². The molecule has 0 saturated carbocycles. The van der Waals surface area contributed by atoms with Gasteiger partial charge in [0.1, 0.15) is 0 Å². The predicted molar refractivity (Wildman–Crippen MR) is 106 cm³/mol. The number of carbonyl (C=O) groups is 1. The molecule has 0 aliphatic carbocycles. The molecule has 0 unspecified atom stereocenters. The molecule has 0 N–H and O–H groups in total. The molecule has 142 valence electrons. The third-order valence-electron chi connectivity index (χ3n) is 5.56. The molecule has 1 atom stereocenters. The second-order valence-corrected chi connectivity index (χ2v) is 8.00. The maximum atomic E-state index is 12.8. The molecule has 0 radical (unpaired) electrons. The van der Waals surface area contributed by atoms with Gasteiger partial charge < -0.3 is 9.80 Å². The van der Waals surface area contributed by atoms with E-state index in [4.69, 9.17) is 16.6 Å². The summed E-state index contributed by atoms with van der Waals surface area (Å²) in [7, 11) is 2.12. The standard InChI is InChI=1S/C21H25ClN4O/c1-25-12-10-18-16(14-25)13-23-21(24-18)19-3-2-11-26(19)20(27)9-6-15-4-7-17(22)8-5-15/h4-5,7-8,13,19H,2-3,6,9-12,14H2,1H3/t19-/m0/s1. The Morgan fingerprint density at radius 2 is 2.07 bits per heavy atom. The summed E-state index contributed by atoms with van der Waals surface area (Å²) >= 11 is 5.93. The molecule has 1 aromatic heterocycles. The minimum Gasteiger partial charge on any atom is -0.332 e. The fourth-order valence-corrected chi connectivity index (χ4v) is 4.14. The minimum absolute atomic E-state index is 0.0210. The highest BCUT2D eigenvalue weighted by Crippen LogP contribution is 2.31. The minimum atomic E-state index is 0.0210. The summed E-state index contributed by atoms with van der Waals surface area (Å²) in [5.41, 5.74) is 3.50. The van der Waals surface area contributed by atoms with Gasteiger partial charge in [0.25, 0.3) is 0 Å². The number of nitrogens with zero attached hydrogens (tertiary/aromatic N) is 4. The second-order valence-electron chi connectivity index (χ2n) is 7.56. The third kappa shape index (κ3) is 4.14. The number of halogens is 1. The van der Waals surface area contributed by atoms with Crippen molar-refractivity contribution in [2.45, 2.75) is 44.7 Å². The zero-order valence-corrected chi connectivity index (χ0v) is 16.5. The lowest BCUT2D eigenvalue weighted by Crippen LogP contribution is -2.33. The maximum Gasteiger partial charge on any atom is 0.223 e. The molecule has 1 saturated heterocycles. The van der Waals surface area contributed by atoms with E-state index in [2.05, 4.69) is 16.9 Å². The first-order valence-corrected chi connectivity index (χ1v) is 10.0. The summed E-state index contributed by atoms with van der Waals surface area (Å²) in [6.45, 7) is 2.73. The fraction of sp³-hybridized carbons (Fsp3) is 0.476.